The first-order chi connectivity index (χ1) is 12.6. The smallest absolute Gasteiger partial charge is 0.343 e. The Labute approximate surface area is 159 Å². The summed E-state index contributed by atoms with van der Waals surface area (Å²) in [6.45, 7) is 2.02. The molecule has 0 unspecified atom stereocenters. The third-order valence-electron chi connectivity index (χ3n) is 3.52. The van der Waals surface area contributed by atoms with Gasteiger partial charge in [-0.3, -0.25) is 0 Å². The van der Waals surface area contributed by atoms with Crippen LogP contribution < -0.4 is 11.1 Å². The van der Waals surface area contributed by atoms with Gasteiger partial charge in [0.05, 0.1) is 6.61 Å². The zero-order valence-electron chi connectivity index (χ0n) is 14.1. The number of halogens is 1. The van der Waals surface area contributed by atoms with Crippen LogP contribution in [0.15, 0.2) is 59.2 Å². The summed E-state index contributed by atoms with van der Waals surface area (Å²) in [6, 6.07) is 14.8. The Bertz CT molecular complexity index is 946. The number of rotatable bonds is 5. The van der Waals surface area contributed by atoms with Gasteiger partial charge in [-0.15, -0.1) is 0 Å². The Kier molecular flexibility index (Phi) is 5.48. The molecule has 0 atom stereocenters. The number of carbonyl (C=O) groups is 1. The Balaban J connectivity index is 2.04. The van der Waals surface area contributed by atoms with Gasteiger partial charge in [0.25, 0.3) is 0 Å². The first kappa shape index (κ1) is 17.9. The molecule has 3 rings (SSSR count). The summed E-state index contributed by atoms with van der Waals surface area (Å²) >= 11 is 3.43. The fourth-order valence-corrected chi connectivity index (χ4v) is 2.75. The van der Waals surface area contributed by atoms with Gasteiger partial charge in [-0.1, -0.05) is 34.1 Å². The molecule has 2 aromatic carbocycles. The van der Waals surface area contributed by atoms with Gasteiger partial charge < -0.3 is 15.8 Å². The normalized spacial score (nSPS) is 10.4. The van der Waals surface area contributed by atoms with Crippen LogP contribution in [0.25, 0.3) is 11.4 Å². The molecule has 7 heteroatoms. The van der Waals surface area contributed by atoms with Gasteiger partial charge in [0, 0.05) is 27.6 Å². The van der Waals surface area contributed by atoms with Crippen molar-refractivity contribution in [2.75, 3.05) is 17.7 Å². The second kappa shape index (κ2) is 7.97. The van der Waals surface area contributed by atoms with Gasteiger partial charge in [0.2, 0.25) is 0 Å². The Morgan fingerprint density at radius 2 is 2.04 bits per heavy atom. The van der Waals surface area contributed by atoms with Crippen LogP contribution in [0.4, 0.5) is 17.2 Å². The molecule has 0 saturated heterocycles. The standard InChI is InChI=1S/C19H17BrN4O2/c1-2-26-19(25)16-11-22-17(12-5-3-7-14(21)9-12)24-18(16)23-15-8-4-6-13(20)10-15/h3-11H,2,21H2,1H3,(H,22,23,24). The number of nitrogens with zero attached hydrogens (tertiary/aromatic N) is 2. The van der Waals surface area contributed by atoms with E-state index in [1.165, 1.54) is 6.20 Å². The summed E-state index contributed by atoms with van der Waals surface area (Å²) in [5, 5.41) is 3.16. The van der Waals surface area contributed by atoms with Crippen LogP contribution in [-0.4, -0.2) is 22.5 Å². The molecule has 1 aromatic heterocycles. The molecule has 3 N–H and O–H groups in total. The number of nitrogens with two attached hydrogens (primary N) is 1. The van der Waals surface area contributed by atoms with Crippen molar-refractivity contribution < 1.29 is 9.53 Å². The molecular weight excluding hydrogens is 396 g/mol. The molecular formula is C19H17BrN4O2. The lowest BCUT2D eigenvalue weighted by molar-refractivity contribution is 0.0526. The van der Waals surface area contributed by atoms with Crippen molar-refractivity contribution in [3.63, 3.8) is 0 Å². The minimum Gasteiger partial charge on any atom is -0.462 e. The zero-order chi connectivity index (χ0) is 18.5. The van der Waals surface area contributed by atoms with Crippen LogP contribution >= 0.6 is 15.9 Å². The van der Waals surface area contributed by atoms with Gasteiger partial charge >= 0.3 is 5.97 Å². The lowest BCUT2D eigenvalue weighted by Gasteiger charge is -2.12. The maximum absolute atomic E-state index is 12.3. The number of carbonyl (C=O) groups excluding carboxylic acids is 1. The highest BCUT2D eigenvalue weighted by Crippen LogP contribution is 2.25. The SMILES string of the molecule is CCOC(=O)c1cnc(-c2cccc(N)c2)nc1Nc1cccc(Br)c1. The maximum Gasteiger partial charge on any atom is 0.343 e. The summed E-state index contributed by atoms with van der Waals surface area (Å²) in [5.41, 5.74) is 8.26. The molecule has 132 valence electrons. The molecule has 0 fully saturated rings. The van der Waals surface area contributed by atoms with E-state index in [2.05, 4.69) is 31.2 Å². The highest BCUT2D eigenvalue weighted by atomic mass is 79.9. The first-order valence-corrected chi connectivity index (χ1v) is 8.79. The third kappa shape index (κ3) is 4.18. The molecule has 6 nitrogen and oxygen atoms in total. The number of hydrogen-bond donors (Lipinski definition) is 2. The fraction of sp³-hybridized carbons (Fsp3) is 0.105. The van der Waals surface area contributed by atoms with Crippen molar-refractivity contribution in [1.29, 1.82) is 0 Å². The van der Waals surface area contributed by atoms with Crippen molar-refractivity contribution in [2.45, 2.75) is 6.92 Å². The molecule has 0 aliphatic carbocycles. The molecule has 3 aromatic rings. The Morgan fingerprint density at radius 3 is 2.77 bits per heavy atom. The Morgan fingerprint density at radius 1 is 1.23 bits per heavy atom. The van der Waals surface area contributed by atoms with E-state index in [0.717, 1.165) is 15.7 Å². The first-order valence-electron chi connectivity index (χ1n) is 7.99. The van der Waals surface area contributed by atoms with E-state index < -0.39 is 5.97 Å². The van der Waals surface area contributed by atoms with Crippen molar-refractivity contribution in [2.24, 2.45) is 0 Å². The van der Waals surface area contributed by atoms with Gasteiger partial charge in [-0.2, -0.15) is 0 Å². The zero-order valence-corrected chi connectivity index (χ0v) is 15.7. The maximum atomic E-state index is 12.3. The van der Waals surface area contributed by atoms with E-state index in [-0.39, 0.29) is 12.2 Å². The van der Waals surface area contributed by atoms with Gasteiger partial charge in [0.15, 0.2) is 5.82 Å². The predicted octanol–water partition coefficient (Wildman–Crippen LogP) is 4.41. The molecule has 0 aliphatic heterocycles. The summed E-state index contributed by atoms with van der Waals surface area (Å²) in [6.07, 6.45) is 1.46. The van der Waals surface area contributed by atoms with E-state index in [1.807, 2.05) is 36.4 Å². The van der Waals surface area contributed by atoms with Crippen molar-refractivity contribution in [3.8, 4) is 11.4 Å². The van der Waals surface area contributed by atoms with Crippen LogP contribution in [0.3, 0.4) is 0 Å². The van der Waals surface area contributed by atoms with E-state index in [0.29, 0.717) is 17.3 Å². The summed E-state index contributed by atoms with van der Waals surface area (Å²) in [7, 11) is 0. The number of aromatic nitrogens is 2. The van der Waals surface area contributed by atoms with E-state index in [9.17, 15) is 4.79 Å². The minimum absolute atomic E-state index is 0.263. The van der Waals surface area contributed by atoms with Crippen molar-refractivity contribution in [1.82, 2.24) is 9.97 Å². The second-order valence-electron chi connectivity index (χ2n) is 5.44. The van der Waals surface area contributed by atoms with Gasteiger partial charge in [-0.05, 0) is 37.3 Å². The molecule has 0 aliphatic rings. The highest BCUT2D eigenvalue weighted by molar-refractivity contribution is 9.10. The number of nitrogens with one attached hydrogen (secondary N) is 1. The highest BCUT2D eigenvalue weighted by Gasteiger charge is 2.17. The average molecular weight is 413 g/mol. The largest absolute Gasteiger partial charge is 0.462 e. The molecule has 26 heavy (non-hydrogen) atoms. The van der Waals surface area contributed by atoms with Crippen molar-refractivity contribution >= 4 is 39.1 Å². The molecule has 0 radical (unpaired) electrons. The number of hydrogen-bond acceptors (Lipinski definition) is 6. The topological polar surface area (TPSA) is 90.1 Å². The quantitative estimate of drug-likeness (QED) is 0.476. The molecule has 1 heterocycles. The van der Waals surface area contributed by atoms with E-state index in [4.69, 9.17) is 10.5 Å². The number of nitrogen functional groups attached to an aromatic ring is 1. The van der Waals surface area contributed by atoms with Crippen LogP contribution in [-0.2, 0) is 4.74 Å². The predicted molar refractivity (Wildman–Crippen MR) is 105 cm³/mol. The van der Waals surface area contributed by atoms with Crippen LogP contribution in [0.2, 0.25) is 0 Å². The third-order valence-corrected chi connectivity index (χ3v) is 4.01. The Hall–Kier alpha value is -2.93. The molecule has 0 spiro atoms. The van der Waals surface area contributed by atoms with Gasteiger partial charge in [0.1, 0.15) is 11.4 Å². The number of ether oxygens (including phenoxy) is 1. The van der Waals surface area contributed by atoms with E-state index in [1.54, 1.807) is 19.1 Å². The van der Waals surface area contributed by atoms with Crippen LogP contribution in [0.1, 0.15) is 17.3 Å². The van der Waals surface area contributed by atoms with E-state index >= 15 is 0 Å². The summed E-state index contributed by atoms with van der Waals surface area (Å²) < 4.78 is 6.01. The number of benzene rings is 2. The molecule has 0 bridgehead atoms. The molecule has 0 saturated carbocycles. The summed E-state index contributed by atoms with van der Waals surface area (Å²) in [5.74, 6) is 0.348. The lowest BCUT2D eigenvalue weighted by atomic mass is 10.2. The minimum atomic E-state index is -0.482. The van der Waals surface area contributed by atoms with Gasteiger partial charge in [-0.25, -0.2) is 14.8 Å². The number of esters is 1. The van der Waals surface area contributed by atoms with Crippen LogP contribution in [0.5, 0.6) is 0 Å². The van der Waals surface area contributed by atoms with Crippen LogP contribution in [0, 0.1) is 0 Å². The molecule has 0 amide bonds. The monoisotopic (exact) mass is 412 g/mol. The summed E-state index contributed by atoms with van der Waals surface area (Å²) in [4.78, 5) is 21.1. The second-order valence-corrected chi connectivity index (χ2v) is 6.35. The number of anilines is 3. The van der Waals surface area contributed by atoms with Crippen molar-refractivity contribution in [3.05, 3.63) is 64.8 Å². The lowest BCUT2D eigenvalue weighted by Crippen LogP contribution is -2.11. The fourth-order valence-electron chi connectivity index (χ4n) is 2.36. The average Bonchev–Trinajstić information content (AvgIpc) is 2.62.